The highest BCUT2D eigenvalue weighted by atomic mass is 16.5. The van der Waals surface area contributed by atoms with Crippen LogP contribution in [0.1, 0.15) is 30.9 Å². The quantitative estimate of drug-likeness (QED) is 0.606. The van der Waals surface area contributed by atoms with Crippen molar-refractivity contribution in [3.63, 3.8) is 0 Å². The molecule has 4 nitrogen and oxygen atoms in total. The molecule has 1 aliphatic carbocycles. The first-order chi connectivity index (χ1) is 8.31. The zero-order valence-corrected chi connectivity index (χ0v) is 10.4. The van der Waals surface area contributed by atoms with Gasteiger partial charge in [0.05, 0.1) is 20.3 Å². The lowest BCUT2D eigenvalue weighted by Gasteiger charge is -2.34. The van der Waals surface area contributed by atoms with Gasteiger partial charge < -0.3 is 9.47 Å². The highest BCUT2D eigenvalue weighted by molar-refractivity contribution is 5.48. The molecule has 0 heterocycles. The van der Waals surface area contributed by atoms with Crippen LogP contribution < -0.4 is 20.7 Å². The average Bonchev–Trinajstić information content (AvgIpc) is 2.32. The van der Waals surface area contributed by atoms with Crippen LogP contribution in [-0.4, -0.2) is 14.2 Å². The van der Waals surface area contributed by atoms with Crippen LogP contribution in [0.2, 0.25) is 0 Å². The monoisotopic (exact) mass is 236 g/mol. The summed E-state index contributed by atoms with van der Waals surface area (Å²) >= 11 is 0. The SMILES string of the molecule is COc1cccc(C(NN)C2CCC2)c1OC. The Morgan fingerprint density at radius 2 is 2.06 bits per heavy atom. The van der Waals surface area contributed by atoms with Crippen molar-refractivity contribution in [1.29, 1.82) is 0 Å². The van der Waals surface area contributed by atoms with Crippen molar-refractivity contribution in [1.82, 2.24) is 5.43 Å². The van der Waals surface area contributed by atoms with Crippen molar-refractivity contribution in [2.24, 2.45) is 11.8 Å². The van der Waals surface area contributed by atoms with Crippen LogP contribution in [0.15, 0.2) is 18.2 Å². The number of hydrazine groups is 1. The van der Waals surface area contributed by atoms with Gasteiger partial charge in [-0.15, -0.1) is 0 Å². The molecular formula is C13H20N2O2. The first-order valence-corrected chi connectivity index (χ1v) is 5.98. The van der Waals surface area contributed by atoms with E-state index in [1.165, 1.54) is 19.3 Å². The smallest absolute Gasteiger partial charge is 0.165 e. The zero-order valence-electron chi connectivity index (χ0n) is 10.4. The number of nitrogens with one attached hydrogen (secondary N) is 1. The Bertz CT molecular complexity index is 378. The van der Waals surface area contributed by atoms with E-state index in [0.29, 0.717) is 5.92 Å². The molecule has 1 unspecified atom stereocenters. The molecule has 0 spiro atoms. The summed E-state index contributed by atoms with van der Waals surface area (Å²) in [5.74, 6) is 7.82. The zero-order chi connectivity index (χ0) is 12.3. The van der Waals surface area contributed by atoms with Crippen molar-refractivity contribution >= 4 is 0 Å². The van der Waals surface area contributed by atoms with Gasteiger partial charge in [-0.3, -0.25) is 11.3 Å². The minimum atomic E-state index is 0.147. The topological polar surface area (TPSA) is 56.5 Å². The van der Waals surface area contributed by atoms with Crippen LogP contribution in [0.3, 0.4) is 0 Å². The number of hydrogen-bond acceptors (Lipinski definition) is 4. The summed E-state index contributed by atoms with van der Waals surface area (Å²) in [6, 6.07) is 6.06. The third-order valence-corrected chi connectivity index (χ3v) is 3.57. The van der Waals surface area contributed by atoms with Crippen LogP contribution in [0.25, 0.3) is 0 Å². The van der Waals surface area contributed by atoms with Gasteiger partial charge in [0, 0.05) is 5.56 Å². The van der Waals surface area contributed by atoms with E-state index in [1.807, 2.05) is 18.2 Å². The molecule has 1 saturated carbocycles. The van der Waals surface area contributed by atoms with Gasteiger partial charge in [-0.1, -0.05) is 18.6 Å². The summed E-state index contributed by atoms with van der Waals surface area (Å²) < 4.78 is 10.8. The van der Waals surface area contributed by atoms with Gasteiger partial charge in [-0.05, 0) is 24.8 Å². The third-order valence-electron chi connectivity index (χ3n) is 3.57. The Labute approximate surface area is 102 Å². The molecule has 1 atom stereocenters. The van der Waals surface area contributed by atoms with Gasteiger partial charge in [0.1, 0.15) is 0 Å². The average molecular weight is 236 g/mol. The third kappa shape index (κ3) is 2.23. The summed E-state index contributed by atoms with van der Waals surface area (Å²) in [6.45, 7) is 0. The molecule has 0 aliphatic heterocycles. The maximum absolute atomic E-state index is 5.68. The van der Waals surface area contributed by atoms with Crippen molar-refractivity contribution < 1.29 is 9.47 Å². The van der Waals surface area contributed by atoms with Gasteiger partial charge in [0.2, 0.25) is 0 Å². The fourth-order valence-electron chi connectivity index (χ4n) is 2.41. The minimum absolute atomic E-state index is 0.147. The Morgan fingerprint density at radius 1 is 1.29 bits per heavy atom. The molecule has 0 aromatic heterocycles. The first kappa shape index (κ1) is 12.2. The van der Waals surface area contributed by atoms with Gasteiger partial charge in [0.15, 0.2) is 11.5 Å². The number of ether oxygens (including phenoxy) is 2. The summed E-state index contributed by atoms with van der Waals surface area (Å²) in [5.41, 5.74) is 3.99. The maximum Gasteiger partial charge on any atom is 0.165 e. The Balaban J connectivity index is 2.34. The molecule has 1 aromatic rings. The van der Waals surface area contributed by atoms with E-state index in [2.05, 4.69) is 5.43 Å². The lowest BCUT2D eigenvalue weighted by atomic mass is 9.77. The van der Waals surface area contributed by atoms with E-state index >= 15 is 0 Å². The van der Waals surface area contributed by atoms with Gasteiger partial charge in [-0.25, -0.2) is 0 Å². The molecule has 2 rings (SSSR count). The molecule has 1 fully saturated rings. The highest BCUT2D eigenvalue weighted by Gasteiger charge is 2.30. The molecule has 0 bridgehead atoms. The fraction of sp³-hybridized carbons (Fsp3) is 0.538. The van der Waals surface area contributed by atoms with Crippen molar-refractivity contribution in [3.8, 4) is 11.5 Å². The first-order valence-electron chi connectivity index (χ1n) is 5.98. The Hall–Kier alpha value is -1.26. The fourth-order valence-corrected chi connectivity index (χ4v) is 2.41. The number of nitrogens with two attached hydrogens (primary N) is 1. The number of benzene rings is 1. The second kappa shape index (κ2) is 5.38. The van der Waals surface area contributed by atoms with E-state index in [1.54, 1.807) is 14.2 Å². The molecule has 4 heteroatoms. The van der Waals surface area contributed by atoms with E-state index < -0.39 is 0 Å². The van der Waals surface area contributed by atoms with E-state index in [4.69, 9.17) is 15.3 Å². The van der Waals surface area contributed by atoms with Crippen molar-refractivity contribution in [2.45, 2.75) is 25.3 Å². The second-order valence-corrected chi connectivity index (χ2v) is 4.42. The lowest BCUT2D eigenvalue weighted by Crippen LogP contribution is -2.36. The second-order valence-electron chi connectivity index (χ2n) is 4.42. The van der Waals surface area contributed by atoms with Crippen LogP contribution in [0, 0.1) is 5.92 Å². The van der Waals surface area contributed by atoms with Crippen LogP contribution in [0.4, 0.5) is 0 Å². The van der Waals surface area contributed by atoms with Gasteiger partial charge in [0.25, 0.3) is 0 Å². The standard InChI is InChI=1S/C13H20N2O2/c1-16-11-8-4-7-10(13(11)17-2)12(15-14)9-5-3-6-9/h4,7-9,12,15H,3,5-6,14H2,1-2H3. The number of hydrogen-bond donors (Lipinski definition) is 2. The molecule has 17 heavy (non-hydrogen) atoms. The predicted octanol–water partition coefficient (Wildman–Crippen LogP) is 2.01. The molecular weight excluding hydrogens is 216 g/mol. The number of para-hydroxylation sites is 1. The summed E-state index contributed by atoms with van der Waals surface area (Å²) in [5, 5.41) is 0. The van der Waals surface area contributed by atoms with Crippen LogP contribution >= 0.6 is 0 Å². The number of rotatable bonds is 5. The van der Waals surface area contributed by atoms with Crippen molar-refractivity contribution in [2.75, 3.05) is 14.2 Å². The summed E-state index contributed by atoms with van der Waals surface area (Å²) in [6.07, 6.45) is 3.72. The lowest BCUT2D eigenvalue weighted by molar-refractivity contribution is 0.226. The van der Waals surface area contributed by atoms with E-state index in [0.717, 1.165) is 17.1 Å². The molecule has 0 amide bonds. The maximum atomic E-state index is 5.68. The van der Waals surface area contributed by atoms with Crippen LogP contribution in [-0.2, 0) is 0 Å². The number of methoxy groups -OCH3 is 2. The molecule has 0 radical (unpaired) electrons. The van der Waals surface area contributed by atoms with E-state index in [9.17, 15) is 0 Å². The molecule has 1 aliphatic rings. The van der Waals surface area contributed by atoms with Crippen molar-refractivity contribution in [3.05, 3.63) is 23.8 Å². The Kier molecular flexibility index (Phi) is 3.86. The minimum Gasteiger partial charge on any atom is -0.493 e. The molecule has 1 aromatic carbocycles. The van der Waals surface area contributed by atoms with Gasteiger partial charge >= 0.3 is 0 Å². The summed E-state index contributed by atoms with van der Waals surface area (Å²) in [4.78, 5) is 0. The Morgan fingerprint density at radius 3 is 2.53 bits per heavy atom. The van der Waals surface area contributed by atoms with E-state index in [-0.39, 0.29) is 6.04 Å². The largest absolute Gasteiger partial charge is 0.493 e. The molecule has 3 N–H and O–H groups in total. The van der Waals surface area contributed by atoms with Crippen LogP contribution in [0.5, 0.6) is 11.5 Å². The van der Waals surface area contributed by atoms with Gasteiger partial charge in [-0.2, -0.15) is 0 Å². The highest BCUT2D eigenvalue weighted by Crippen LogP contribution is 2.42. The predicted molar refractivity (Wildman–Crippen MR) is 67.0 cm³/mol. The normalized spacial score (nSPS) is 17.4. The summed E-state index contributed by atoms with van der Waals surface area (Å²) in [7, 11) is 3.31. The molecule has 94 valence electrons. The molecule has 0 saturated heterocycles.